The number of fused-ring (bicyclic) bond motifs is 11. The van der Waals surface area contributed by atoms with E-state index in [9.17, 15) is 0 Å². The fourth-order valence-corrected chi connectivity index (χ4v) is 16.4. The van der Waals surface area contributed by atoms with Gasteiger partial charge < -0.3 is 9.80 Å². The van der Waals surface area contributed by atoms with E-state index in [4.69, 9.17) is 0 Å². The molecular formula is C63H73BN2S. The van der Waals surface area contributed by atoms with Crippen LogP contribution in [0.3, 0.4) is 0 Å². The van der Waals surface area contributed by atoms with Crippen molar-refractivity contribution in [3.8, 4) is 0 Å². The number of thiophene rings is 1. The summed E-state index contributed by atoms with van der Waals surface area (Å²) in [5, 5.41) is 1.46. The van der Waals surface area contributed by atoms with E-state index in [2.05, 4.69) is 190 Å². The highest BCUT2D eigenvalue weighted by molar-refractivity contribution is 7.33. The van der Waals surface area contributed by atoms with Gasteiger partial charge in [-0.3, -0.25) is 0 Å². The average molecular weight is 901 g/mol. The van der Waals surface area contributed by atoms with Crippen molar-refractivity contribution < 1.29 is 0 Å². The van der Waals surface area contributed by atoms with Crippen LogP contribution in [0.25, 0.3) is 10.1 Å². The van der Waals surface area contributed by atoms with Crippen LogP contribution in [-0.4, -0.2) is 6.71 Å². The van der Waals surface area contributed by atoms with Gasteiger partial charge in [-0.1, -0.05) is 114 Å². The van der Waals surface area contributed by atoms with E-state index in [0.717, 1.165) is 0 Å². The summed E-state index contributed by atoms with van der Waals surface area (Å²) in [6, 6.07) is 33.6. The first-order valence-electron chi connectivity index (χ1n) is 26.4. The summed E-state index contributed by atoms with van der Waals surface area (Å²) >= 11 is 2.13. The highest BCUT2D eigenvalue weighted by Gasteiger charge is 2.53. The van der Waals surface area contributed by atoms with Gasteiger partial charge in [0, 0.05) is 43.3 Å². The van der Waals surface area contributed by atoms with Crippen molar-refractivity contribution in [3.63, 3.8) is 0 Å². The third kappa shape index (κ3) is 5.75. The summed E-state index contributed by atoms with van der Waals surface area (Å²) in [5.41, 5.74) is 24.6. The summed E-state index contributed by atoms with van der Waals surface area (Å²) in [6.07, 6.45) is 12.7. The molecule has 2 fully saturated rings. The summed E-state index contributed by atoms with van der Waals surface area (Å²) < 4.78 is 3.00. The molecule has 67 heavy (non-hydrogen) atoms. The maximum atomic E-state index is 2.81. The second-order valence-corrected chi connectivity index (χ2v) is 28.0. The highest BCUT2D eigenvalue weighted by Crippen LogP contribution is 2.61. The summed E-state index contributed by atoms with van der Waals surface area (Å²) in [5.74, 6) is 0.477. The third-order valence-electron chi connectivity index (χ3n) is 20.2. The normalized spacial score (nSPS) is 28.0. The minimum absolute atomic E-state index is 0.0710. The minimum atomic E-state index is -0.0710. The number of rotatable bonds is 3. The minimum Gasteiger partial charge on any atom is -0.311 e. The fraction of sp³-hybridized carbons (Fsp3) is 0.492. The summed E-state index contributed by atoms with van der Waals surface area (Å²) in [7, 11) is 0. The Morgan fingerprint density at radius 1 is 0.507 bits per heavy atom. The van der Waals surface area contributed by atoms with Gasteiger partial charge in [0.2, 0.25) is 0 Å². The molecule has 1 aromatic heterocycles. The van der Waals surface area contributed by atoms with Crippen LogP contribution >= 0.6 is 11.3 Å². The Morgan fingerprint density at radius 2 is 1.01 bits per heavy atom. The Kier molecular flexibility index (Phi) is 8.51. The zero-order valence-corrected chi connectivity index (χ0v) is 43.9. The molecule has 0 unspecified atom stereocenters. The molecule has 6 aromatic rings. The monoisotopic (exact) mass is 901 g/mol. The van der Waals surface area contributed by atoms with Crippen LogP contribution in [0.1, 0.15) is 205 Å². The van der Waals surface area contributed by atoms with Crippen molar-refractivity contribution in [2.24, 2.45) is 0 Å². The zero-order chi connectivity index (χ0) is 46.7. The second kappa shape index (κ2) is 13.3. The maximum absolute atomic E-state index is 2.81. The van der Waals surface area contributed by atoms with Gasteiger partial charge in [-0.25, -0.2) is 0 Å². The van der Waals surface area contributed by atoms with Crippen molar-refractivity contribution in [2.75, 3.05) is 9.80 Å². The van der Waals surface area contributed by atoms with Crippen molar-refractivity contribution in [2.45, 2.75) is 198 Å². The van der Waals surface area contributed by atoms with Gasteiger partial charge in [0.25, 0.3) is 6.71 Å². The van der Waals surface area contributed by atoms with Gasteiger partial charge in [0.15, 0.2) is 0 Å². The predicted octanol–water partition coefficient (Wildman–Crippen LogP) is 16.0. The molecule has 5 aromatic carbocycles. The van der Waals surface area contributed by atoms with E-state index in [1.165, 1.54) is 146 Å². The maximum Gasteiger partial charge on any atom is 0.264 e. The van der Waals surface area contributed by atoms with Crippen molar-refractivity contribution >= 4 is 78.0 Å². The van der Waals surface area contributed by atoms with Crippen LogP contribution in [0.15, 0.2) is 78.9 Å². The van der Waals surface area contributed by atoms with Crippen LogP contribution in [0.4, 0.5) is 34.1 Å². The van der Waals surface area contributed by atoms with Crippen molar-refractivity contribution in [1.82, 2.24) is 0 Å². The number of nitrogens with zero attached hydrogens (tertiary/aromatic N) is 2. The number of hydrogen-bond acceptors (Lipinski definition) is 3. The number of benzene rings is 5. The lowest BCUT2D eigenvalue weighted by atomic mass is 9.35. The lowest BCUT2D eigenvalue weighted by Crippen LogP contribution is -2.61. The Morgan fingerprint density at radius 3 is 1.58 bits per heavy atom. The van der Waals surface area contributed by atoms with E-state index < -0.39 is 0 Å². The fourth-order valence-electron chi connectivity index (χ4n) is 15.1. The molecule has 2 aliphatic heterocycles. The molecule has 0 atom stereocenters. The van der Waals surface area contributed by atoms with Gasteiger partial charge in [0.1, 0.15) is 0 Å². The molecule has 0 N–H and O–H groups in total. The molecule has 3 heterocycles. The quantitative estimate of drug-likeness (QED) is 0.163. The Hall–Kier alpha value is -4.28. The zero-order valence-electron chi connectivity index (χ0n) is 43.0. The van der Waals surface area contributed by atoms with Crippen LogP contribution in [-0.2, 0) is 37.9 Å². The molecule has 2 nitrogen and oxygen atoms in total. The molecule has 7 aliphatic carbocycles. The summed E-state index contributed by atoms with van der Waals surface area (Å²) in [6.45, 7) is 32.4. The Bertz CT molecular complexity index is 3120. The molecule has 0 spiro atoms. The topological polar surface area (TPSA) is 6.48 Å². The van der Waals surface area contributed by atoms with Crippen LogP contribution in [0.5, 0.6) is 0 Å². The van der Waals surface area contributed by atoms with Gasteiger partial charge >= 0.3 is 0 Å². The lowest BCUT2D eigenvalue weighted by molar-refractivity contribution is 0.188. The number of hydrogen-bond donors (Lipinski definition) is 0. The summed E-state index contributed by atoms with van der Waals surface area (Å²) in [4.78, 5) is 5.54. The highest BCUT2D eigenvalue weighted by atomic mass is 32.1. The van der Waals surface area contributed by atoms with E-state index >= 15 is 0 Å². The first kappa shape index (κ1) is 42.8. The van der Waals surface area contributed by atoms with Crippen molar-refractivity contribution in [1.29, 1.82) is 0 Å². The smallest absolute Gasteiger partial charge is 0.264 e. The van der Waals surface area contributed by atoms with E-state index in [0.29, 0.717) is 5.92 Å². The van der Waals surface area contributed by atoms with Crippen LogP contribution in [0.2, 0.25) is 0 Å². The SMILES string of the molecule is CC(C)c1ccc(N2c3cc4c(cc3B3c5sc6cc7c(cc6c5N(c5ccc6c(c5)C(C)(C)CCC6(C)C)c5cc(C(C)(C)C)cc2c53)C2(C)CCC7(C)CC2)C2(C)CCC4(C)CC2)cc1. The van der Waals surface area contributed by atoms with Gasteiger partial charge in [-0.15, -0.1) is 11.3 Å². The van der Waals surface area contributed by atoms with Gasteiger partial charge in [-0.2, -0.15) is 0 Å². The Labute approximate surface area is 407 Å². The molecule has 344 valence electrons. The molecule has 9 aliphatic rings. The first-order chi connectivity index (χ1) is 31.5. The predicted molar refractivity (Wildman–Crippen MR) is 290 cm³/mol. The molecule has 15 rings (SSSR count). The largest absolute Gasteiger partial charge is 0.311 e. The van der Waals surface area contributed by atoms with Gasteiger partial charge in [0.05, 0.1) is 5.69 Å². The molecule has 4 heteroatoms. The standard InChI is InChI=1S/C63H73BN2S/c1-37(2)38-14-16-40(17-15-38)65-50-35-47-46(61(11)24-26-62(47,12)27-25-61)34-49(50)64-54-51(65)30-39(57(3,4)5)31-52(54)66(41-18-19-43-44(32-41)59(8,9)21-20-58(43,6)7)55-42-33-45-48(36-53(42)67-56(55)64)63(13)28-22-60(45,10)23-29-63/h14-19,30-37H,20-29H2,1-13H3. The molecule has 0 amide bonds. The van der Waals surface area contributed by atoms with Crippen LogP contribution in [0, 0.1) is 0 Å². The first-order valence-corrected chi connectivity index (χ1v) is 27.2. The van der Waals surface area contributed by atoms with Crippen LogP contribution < -0.4 is 25.5 Å². The molecule has 0 radical (unpaired) electrons. The number of anilines is 6. The van der Waals surface area contributed by atoms with E-state index in [1.54, 1.807) is 22.3 Å². The van der Waals surface area contributed by atoms with Gasteiger partial charge in [-0.05, 0) is 218 Å². The molecule has 2 saturated carbocycles. The van der Waals surface area contributed by atoms with E-state index in [-0.39, 0.29) is 44.6 Å². The molecule has 4 bridgehead atoms. The van der Waals surface area contributed by atoms with Crippen molar-refractivity contribution in [3.05, 3.63) is 123 Å². The van der Waals surface area contributed by atoms with E-state index in [1.807, 2.05) is 0 Å². The molecular weight excluding hydrogens is 828 g/mol. The Balaban J connectivity index is 1.17. The third-order valence-corrected chi connectivity index (χ3v) is 21.4. The molecule has 0 saturated heterocycles. The second-order valence-electron chi connectivity index (χ2n) is 26.9. The lowest BCUT2D eigenvalue weighted by Gasteiger charge is -2.53. The average Bonchev–Trinajstić information content (AvgIpc) is 3.66.